The van der Waals surface area contributed by atoms with Gasteiger partial charge in [0.15, 0.2) is 13.1 Å². The van der Waals surface area contributed by atoms with Crippen molar-refractivity contribution in [1.82, 2.24) is 0 Å². The Labute approximate surface area is 60.8 Å². The molecule has 1 atom stereocenters. The van der Waals surface area contributed by atoms with E-state index < -0.39 is 0 Å². The minimum absolute atomic E-state index is 0.0801. The van der Waals surface area contributed by atoms with Gasteiger partial charge in [-0.25, -0.2) is 0 Å². The van der Waals surface area contributed by atoms with Crippen molar-refractivity contribution in [3.05, 3.63) is 12.2 Å². The molecule has 1 unspecified atom stereocenters. The van der Waals surface area contributed by atoms with Crippen LogP contribution in [0, 0.1) is 5.92 Å². The van der Waals surface area contributed by atoms with Gasteiger partial charge in [0.25, 0.3) is 0 Å². The molecule has 1 fully saturated rings. The Morgan fingerprint density at radius 3 is 2.70 bits per heavy atom. The predicted octanol–water partition coefficient (Wildman–Crippen LogP) is 1.67. The summed E-state index contributed by atoms with van der Waals surface area (Å²) in [5, 5.41) is 0. The molecule has 10 heavy (non-hydrogen) atoms. The second-order valence-electron chi connectivity index (χ2n) is 2.84. The van der Waals surface area contributed by atoms with Gasteiger partial charge in [-0.1, -0.05) is 12.2 Å². The molecule has 0 aromatic heterocycles. The maximum absolute atomic E-state index is 5.20. The fraction of sp³-hybridized carbons (Fsp3) is 0.750. The van der Waals surface area contributed by atoms with Crippen LogP contribution in [0.1, 0.15) is 19.3 Å². The molecule has 2 nitrogen and oxygen atoms in total. The van der Waals surface area contributed by atoms with E-state index in [9.17, 15) is 0 Å². The molecular formula is C8H12O2. The number of hydrogen-bond acceptors (Lipinski definition) is 2. The first kappa shape index (κ1) is 6.38. The van der Waals surface area contributed by atoms with Crippen LogP contribution >= 0.6 is 0 Å². The summed E-state index contributed by atoms with van der Waals surface area (Å²) in [5.74, 6) is 0.530. The summed E-state index contributed by atoms with van der Waals surface area (Å²) in [6.45, 7) is 0.495. The Kier molecular flexibility index (Phi) is 1.74. The second kappa shape index (κ2) is 2.72. The van der Waals surface area contributed by atoms with Crippen molar-refractivity contribution >= 4 is 0 Å². The standard InChI is InChI=1S/C8H12O2/c1-2-4-7(5-3-1)8-9-6-10-8/h2,4,7-8H,1,3,5-6H2. The van der Waals surface area contributed by atoms with Crippen LogP contribution in [-0.4, -0.2) is 13.1 Å². The number of rotatable bonds is 1. The van der Waals surface area contributed by atoms with Crippen molar-refractivity contribution in [3.63, 3.8) is 0 Å². The van der Waals surface area contributed by atoms with Crippen LogP contribution in [0.15, 0.2) is 12.2 Å². The first-order chi connectivity index (χ1) is 4.97. The maximum Gasteiger partial charge on any atom is 0.169 e. The van der Waals surface area contributed by atoms with Crippen molar-refractivity contribution in [3.8, 4) is 0 Å². The number of hydrogen-bond donors (Lipinski definition) is 0. The Hall–Kier alpha value is -0.340. The molecule has 0 amide bonds. The lowest BCUT2D eigenvalue weighted by atomic mass is 9.95. The lowest BCUT2D eigenvalue weighted by Gasteiger charge is -2.33. The van der Waals surface area contributed by atoms with E-state index in [1.165, 1.54) is 19.3 Å². The fourth-order valence-corrected chi connectivity index (χ4v) is 1.46. The van der Waals surface area contributed by atoms with Gasteiger partial charge in [-0.2, -0.15) is 0 Å². The molecular weight excluding hydrogens is 128 g/mol. The second-order valence-corrected chi connectivity index (χ2v) is 2.84. The zero-order chi connectivity index (χ0) is 6.81. The minimum atomic E-state index is 0.0801. The molecule has 0 aromatic rings. The van der Waals surface area contributed by atoms with E-state index in [0.717, 1.165) is 0 Å². The van der Waals surface area contributed by atoms with E-state index in [1.54, 1.807) is 0 Å². The monoisotopic (exact) mass is 140 g/mol. The van der Waals surface area contributed by atoms with Crippen molar-refractivity contribution in [2.24, 2.45) is 5.92 Å². The molecule has 0 radical (unpaired) electrons. The van der Waals surface area contributed by atoms with E-state index >= 15 is 0 Å². The lowest BCUT2D eigenvalue weighted by molar-refractivity contribution is -0.335. The molecule has 1 aliphatic carbocycles. The van der Waals surface area contributed by atoms with Crippen molar-refractivity contribution in [1.29, 1.82) is 0 Å². The van der Waals surface area contributed by atoms with Crippen LogP contribution in [0.5, 0.6) is 0 Å². The summed E-state index contributed by atoms with van der Waals surface area (Å²) in [5.41, 5.74) is 0. The Morgan fingerprint density at radius 2 is 2.20 bits per heavy atom. The molecule has 1 aliphatic heterocycles. The lowest BCUT2D eigenvalue weighted by Crippen LogP contribution is -2.37. The predicted molar refractivity (Wildman–Crippen MR) is 37.3 cm³/mol. The molecule has 0 N–H and O–H groups in total. The van der Waals surface area contributed by atoms with Crippen LogP contribution in [0.4, 0.5) is 0 Å². The Morgan fingerprint density at radius 1 is 1.30 bits per heavy atom. The van der Waals surface area contributed by atoms with Gasteiger partial charge >= 0.3 is 0 Å². The summed E-state index contributed by atoms with van der Waals surface area (Å²) in [6, 6.07) is 0. The highest BCUT2D eigenvalue weighted by atomic mass is 16.8. The fourth-order valence-electron chi connectivity index (χ4n) is 1.46. The summed E-state index contributed by atoms with van der Waals surface area (Å²) >= 11 is 0. The SMILES string of the molecule is C1=CC(C2OCO2)CCC1. The highest BCUT2D eigenvalue weighted by Gasteiger charge is 2.27. The third-order valence-corrected chi connectivity index (χ3v) is 2.11. The molecule has 0 aromatic carbocycles. The van der Waals surface area contributed by atoms with Gasteiger partial charge in [0, 0.05) is 5.92 Å². The van der Waals surface area contributed by atoms with Gasteiger partial charge in [-0.15, -0.1) is 0 Å². The molecule has 2 heteroatoms. The number of allylic oxidation sites excluding steroid dienone is 1. The third-order valence-electron chi connectivity index (χ3n) is 2.11. The largest absolute Gasteiger partial charge is 0.326 e. The third kappa shape index (κ3) is 1.09. The van der Waals surface area contributed by atoms with Gasteiger partial charge in [0.2, 0.25) is 0 Å². The van der Waals surface area contributed by atoms with Crippen molar-refractivity contribution in [2.75, 3.05) is 6.79 Å². The summed E-state index contributed by atoms with van der Waals surface area (Å²) in [4.78, 5) is 0. The van der Waals surface area contributed by atoms with Crippen molar-refractivity contribution < 1.29 is 9.47 Å². The molecule has 2 rings (SSSR count). The molecule has 0 saturated carbocycles. The maximum atomic E-state index is 5.20. The highest BCUT2D eigenvalue weighted by Crippen LogP contribution is 2.26. The van der Waals surface area contributed by atoms with Gasteiger partial charge in [-0.05, 0) is 19.3 Å². The smallest absolute Gasteiger partial charge is 0.169 e. The van der Waals surface area contributed by atoms with Gasteiger partial charge in [0.05, 0.1) is 0 Å². The summed E-state index contributed by atoms with van der Waals surface area (Å²) < 4.78 is 10.4. The topological polar surface area (TPSA) is 18.5 Å². The van der Waals surface area contributed by atoms with E-state index in [-0.39, 0.29) is 6.29 Å². The molecule has 0 bridgehead atoms. The Balaban J connectivity index is 1.90. The Bertz CT molecular complexity index is 138. The van der Waals surface area contributed by atoms with E-state index in [0.29, 0.717) is 12.7 Å². The van der Waals surface area contributed by atoms with Gasteiger partial charge in [-0.3, -0.25) is 0 Å². The first-order valence-electron chi connectivity index (χ1n) is 3.87. The molecule has 1 heterocycles. The van der Waals surface area contributed by atoms with Gasteiger partial charge in [0.1, 0.15) is 0 Å². The summed E-state index contributed by atoms with van der Waals surface area (Å²) in [7, 11) is 0. The van der Waals surface area contributed by atoms with Gasteiger partial charge < -0.3 is 9.47 Å². The highest BCUT2D eigenvalue weighted by molar-refractivity contribution is 4.95. The van der Waals surface area contributed by atoms with E-state index in [2.05, 4.69) is 12.2 Å². The van der Waals surface area contributed by atoms with Crippen LogP contribution in [0.2, 0.25) is 0 Å². The van der Waals surface area contributed by atoms with E-state index in [1.807, 2.05) is 0 Å². The zero-order valence-electron chi connectivity index (χ0n) is 5.95. The van der Waals surface area contributed by atoms with Crippen LogP contribution < -0.4 is 0 Å². The van der Waals surface area contributed by atoms with Crippen molar-refractivity contribution in [2.45, 2.75) is 25.6 Å². The molecule has 56 valence electrons. The normalized spacial score (nSPS) is 33.8. The quantitative estimate of drug-likeness (QED) is 0.516. The molecule has 2 aliphatic rings. The van der Waals surface area contributed by atoms with Crippen LogP contribution in [0.3, 0.4) is 0 Å². The van der Waals surface area contributed by atoms with E-state index in [4.69, 9.17) is 9.47 Å². The number of ether oxygens (including phenoxy) is 2. The average molecular weight is 140 g/mol. The zero-order valence-corrected chi connectivity index (χ0v) is 5.95. The average Bonchev–Trinajstić information content (AvgIpc) is 1.86. The first-order valence-corrected chi connectivity index (χ1v) is 3.87. The molecule has 0 spiro atoms. The minimum Gasteiger partial charge on any atom is -0.326 e. The molecule has 1 saturated heterocycles. The summed E-state index contributed by atoms with van der Waals surface area (Å²) in [6.07, 6.45) is 8.25. The van der Waals surface area contributed by atoms with Crippen LogP contribution in [0.25, 0.3) is 0 Å². The van der Waals surface area contributed by atoms with Crippen LogP contribution in [-0.2, 0) is 9.47 Å².